The van der Waals surface area contributed by atoms with E-state index in [1.165, 1.54) is 12.1 Å². The van der Waals surface area contributed by atoms with E-state index in [1.54, 1.807) is 18.2 Å². The van der Waals surface area contributed by atoms with Gasteiger partial charge >= 0.3 is 5.97 Å². The van der Waals surface area contributed by atoms with Gasteiger partial charge in [0, 0.05) is 6.42 Å². The van der Waals surface area contributed by atoms with Gasteiger partial charge in [-0.25, -0.2) is 8.42 Å². The Bertz CT molecular complexity index is 645. The number of carboxylic acids is 1. The molecule has 3 rings (SSSR count). The quantitative estimate of drug-likeness (QED) is 0.903. The molecule has 0 aromatic heterocycles. The monoisotopic (exact) mass is 311 g/mol. The summed E-state index contributed by atoms with van der Waals surface area (Å²) in [7, 11) is -3.84. The van der Waals surface area contributed by atoms with E-state index in [1.807, 2.05) is 6.92 Å². The summed E-state index contributed by atoms with van der Waals surface area (Å²) in [5.74, 6) is -1.12. The molecule has 1 aromatic carbocycles. The predicted octanol–water partition coefficient (Wildman–Crippen LogP) is 1.08. The first kappa shape index (κ1) is 14.5. The van der Waals surface area contributed by atoms with Crippen LogP contribution in [0.25, 0.3) is 0 Å². The Morgan fingerprint density at radius 2 is 1.95 bits per heavy atom. The molecule has 6 nitrogen and oxygen atoms in total. The van der Waals surface area contributed by atoms with Crippen LogP contribution in [0.4, 0.5) is 0 Å². The number of hydrogen-bond donors (Lipinski definition) is 1. The van der Waals surface area contributed by atoms with E-state index in [0.717, 1.165) is 4.31 Å². The molecule has 0 saturated carbocycles. The van der Waals surface area contributed by atoms with Gasteiger partial charge in [-0.2, -0.15) is 4.31 Å². The van der Waals surface area contributed by atoms with Crippen LogP contribution < -0.4 is 0 Å². The Morgan fingerprint density at radius 3 is 2.57 bits per heavy atom. The third-order valence-corrected chi connectivity index (χ3v) is 6.05. The first-order chi connectivity index (χ1) is 9.91. The van der Waals surface area contributed by atoms with E-state index >= 15 is 0 Å². The highest BCUT2D eigenvalue weighted by atomic mass is 32.2. The second-order valence-electron chi connectivity index (χ2n) is 5.53. The first-order valence-electron chi connectivity index (χ1n) is 6.88. The van der Waals surface area contributed by atoms with Gasteiger partial charge in [0.2, 0.25) is 10.0 Å². The van der Waals surface area contributed by atoms with Crippen molar-refractivity contribution in [2.24, 2.45) is 0 Å². The van der Waals surface area contributed by atoms with Crippen LogP contribution in [0.15, 0.2) is 35.2 Å². The second kappa shape index (κ2) is 5.08. The average Bonchev–Trinajstić information content (AvgIpc) is 2.95. The Kier molecular flexibility index (Phi) is 3.51. The maximum Gasteiger partial charge on any atom is 0.322 e. The molecule has 114 valence electrons. The summed E-state index contributed by atoms with van der Waals surface area (Å²) >= 11 is 0. The maximum absolute atomic E-state index is 12.8. The number of aliphatic carboxylic acids is 1. The molecule has 2 fully saturated rings. The normalized spacial score (nSPS) is 33.0. The topological polar surface area (TPSA) is 83.9 Å². The van der Waals surface area contributed by atoms with Gasteiger partial charge in [0.25, 0.3) is 0 Å². The Labute approximate surface area is 123 Å². The Hall–Kier alpha value is -1.44. The van der Waals surface area contributed by atoms with Crippen LogP contribution in [0, 0.1) is 0 Å². The number of sulfonamides is 1. The Balaban J connectivity index is 2.02. The van der Waals surface area contributed by atoms with Crippen molar-refractivity contribution in [3.8, 4) is 0 Å². The second-order valence-corrected chi connectivity index (χ2v) is 7.37. The molecule has 2 aliphatic heterocycles. The molecular formula is C14H17NO5S. The lowest BCUT2D eigenvalue weighted by atomic mass is 10.1. The largest absolute Gasteiger partial charge is 0.480 e. The lowest BCUT2D eigenvalue weighted by Gasteiger charge is -2.26. The molecular weight excluding hydrogens is 294 g/mol. The molecule has 0 radical (unpaired) electrons. The number of rotatable bonds is 3. The number of nitrogens with zero attached hydrogens (tertiary/aromatic N) is 1. The number of hydrogen-bond acceptors (Lipinski definition) is 4. The Morgan fingerprint density at radius 1 is 1.29 bits per heavy atom. The molecule has 2 heterocycles. The molecule has 0 unspecified atom stereocenters. The third-order valence-electron chi connectivity index (χ3n) is 4.10. The standard InChI is InChI=1S/C14H17NO5S/c1-9-7-11-13(20-9)8-12(14(16)17)15(11)21(18,19)10-5-3-2-4-6-10/h2-6,9,11-13H,7-8H2,1H3,(H,16,17)/t9-,11+,12+,13+/m1/s1. The molecule has 2 aliphatic rings. The minimum atomic E-state index is -3.84. The minimum absolute atomic E-state index is 0.0526. The molecule has 7 heteroatoms. The van der Waals surface area contributed by atoms with Crippen molar-refractivity contribution in [2.75, 3.05) is 0 Å². The van der Waals surface area contributed by atoms with Crippen LogP contribution in [0.5, 0.6) is 0 Å². The van der Waals surface area contributed by atoms with Crippen molar-refractivity contribution < 1.29 is 23.1 Å². The minimum Gasteiger partial charge on any atom is -0.480 e. The zero-order chi connectivity index (χ0) is 15.2. The number of carboxylic acid groups (broad SMARTS) is 1. The van der Waals surface area contributed by atoms with Crippen LogP contribution in [0.2, 0.25) is 0 Å². The van der Waals surface area contributed by atoms with E-state index in [-0.39, 0.29) is 23.5 Å². The maximum atomic E-state index is 12.8. The molecule has 21 heavy (non-hydrogen) atoms. The van der Waals surface area contributed by atoms with Crippen LogP contribution in [-0.4, -0.2) is 48.1 Å². The molecule has 0 aliphatic carbocycles. The van der Waals surface area contributed by atoms with Gasteiger partial charge < -0.3 is 9.84 Å². The predicted molar refractivity (Wildman–Crippen MR) is 74.2 cm³/mol. The van der Waals surface area contributed by atoms with E-state index in [4.69, 9.17) is 4.74 Å². The number of benzene rings is 1. The SMILES string of the molecule is C[C@@H]1C[C@H]2[C@H](C[C@@H](C(=O)O)N2S(=O)(=O)c2ccccc2)O1. The fourth-order valence-corrected chi connectivity index (χ4v) is 5.08. The van der Waals surface area contributed by atoms with Gasteiger partial charge in [0.15, 0.2) is 0 Å². The van der Waals surface area contributed by atoms with Gasteiger partial charge in [0.1, 0.15) is 6.04 Å². The number of carbonyl (C=O) groups is 1. The lowest BCUT2D eigenvalue weighted by molar-refractivity contribution is -0.141. The van der Waals surface area contributed by atoms with Crippen molar-refractivity contribution in [3.05, 3.63) is 30.3 Å². The summed E-state index contributed by atoms with van der Waals surface area (Å²) in [5.41, 5.74) is 0. The number of fused-ring (bicyclic) bond motifs is 1. The summed E-state index contributed by atoms with van der Waals surface area (Å²) in [6.07, 6.45) is 0.347. The van der Waals surface area contributed by atoms with Crippen molar-refractivity contribution >= 4 is 16.0 Å². The molecule has 1 aromatic rings. The van der Waals surface area contributed by atoms with E-state index < -0.39 is 28.1 Å². The van der Waals surface area contributed by atoms with E-state index in [9.17, 15) is 18.3 Å². The molecule has 0 amide bonds. The summed E-state index contributed by atoms with van der Waals surface area (Å²) in [5, 5.41) is 9.35. The highest BCUT2D eigenvalue weighted by molar-refractivity contribution is 7.89. The van der Waals surface area contributed by atoms with Crippen molar-refractivity contribution in [1.82, 2.24) is 4.31 Å². The van der Waals surface area contributed by atoms with Crippen LogP contribution in [-0.2, 0) is 19.6 Å². The molecule has 1 N–H and O–H groups in total. The molecule has 0 bridgehead atoms. The fraction of sp³-hybridized carbons (Fsp3) is 0.500. The molecule has 0 spiro atoms. The fourth-order valence-electron chi connectivity index (χ4n) is 3.24. The highest BCUT2D eigenvalue weighted by Gasteiger charge is 2.54. The smallest absolute Gasteiger partial charge is 0.322 e. The molecule has 2 saturated heterocycles. The first-order valence-corrected chi connectivity index (χ1v) is 8.32. The summed E-state index contributed by atoms with van der Waals surface area (Å²) in [4.78, 5) is 11.6. The van der Waals surface area contributed by atoms with Gasteiger partial charge in [-0.1, -0.05) is 18.2 Å². The summed E-state index contributed by atoms with van der Waals surface area (Å²) < 4.78 is 32.4. The van der Waals surface area contributed by atoms with Gasteiger partial charge in [-0.15, -0.1) is 0 Å². The van der Waals surface area contributed by atoms with Crippen molar-refractivity contribution in [3.63, 3.8) is 0 Å². The highest BCUT2D eigenvalue weighted by Crippen LogP contribution is 2.40. The van der Waals surface area contributed by atoms with Crippen LogP contribution >= 0.6 is 0 Å². The van der Waals surface area contributed by atoms with Crippen LogP contribution in [0.1, 0.15) is 19.8 Å². The van der Waals surface area contributed by atoms with Gasteiger partial charge in [0.05, 0.1) is 23.1 Å². The van der Waals surface area contributed by atoms with E-state index in [2.05, 4.69) is 0 Å². The third kappa shape index (κ3) is 2.35. The van der Waals surface area contributed by atoms with Crippen LogP contribution in [0.3, 0.4) is 0 Å². The zero-order valence-corrected chi connectivity index (χ0v) is 12.4. The number of ether oxygens (including phenoxy) is 1. The van der Waals surface area contributed by atoms with Crippen molar-refractivity contribution in [1.29, 1.82) is 0 Å². The zero-order valence-electron chi connectivity index (χ0n) is 11.5. The lowest BCUT2D eigenvalue weighted by Crippen LogP contribution is -2.45. The molecule has 4 atom stereocenters. The van der Waals surface area contributed by atoms with Crippen molar-refractivity contribution in [2.45, 2.75) is 49.0 Å². The van der Waals surface area contributed by atoms with Gasteiger partial charge in [-0.05, 0) is 25.5 Å². The summed E-state index contributed by atoms with van der Waals surface area (Å²) in [6, 6.07) is 6.50. The summed E-state index contributed by atoms with van der Waals surface area (Å²) in [6.45, 7) is 1.88. The van der Waals surface area contributed by atoms with E-state index in [0.29, 0.717) is 6.42 Å². The van der Waals surface area contributed by atoms with Gasteiger partial charge in [-0.3, -0.25) is 4.79 Å². The average molecular weight is 311 g/mol.